The van der Waals surface area contributed by atoms with Gasteiger partial charge in [-0.3, -0.25) is 0 Å². The van der Waals surface area contributed by atoms with Gasteiger partial charge in [0.1, 0.15) is 0 Å². The Morgan fingerprint density at radius 1 is 1.00 bits per heavy atom. The van der Waals surface area contributed by atoms with Gasteiger partial charge in [-0.15, -0.1) is 0 Å². The predicted molar refractivity (Wildman–Crippen MR) is 40.0 cm³/mol. The Kier molecular flexibility index (Phi) is 27.5. The van der Waals surface area contributed by atoms with Crippen LogP contribution in [0.4, 0.5) is 0 Å². The molecule has 0 heterocycles. The SMILES string of the molecule is C.[Cl][SnH]([Cl])[Cl].[SnH2]. The fourth-order valence-electron chi connectivity index (χ4n) is 0. The summed E-state index contributed by atoms with van der Waals surface area (Å²) in [5.41, 5.74) is 0. The predicted octanol–water partition coefficient (Wildman–Crippen LogP) is 1.14. The van der Waals surface area contributed by atoms with Gasteiger partial charge in [0.2, 0.25) is 0 Å². The molecule has 0 fully saturated rings. The quantitative estimate of drug-likeness (QED) is 0.567. The second kappa shape index (κ2) is 10.4. The molecule has 0 aliphatic rings. The topological polar surface area (TPSA) is 0 Å². The van der Waals surface area contributed by atoms with Crippen LogP contribution in [0.3, 0.4) is 0 Å². The van der Waals surface area contributed by atoms with Crippen LogP contribution in [0.1, 0.15) is 7.43 Å². The summed E-state index contributed by atoms with van der Waals surface area (Å²) in [6, 6.07) is 0. The van der Waals surface area contributed by atoms with Crippen molar-refractivity contribution in [1.82, 2.24) is 0 Å². The molecule has 0 aromatic heterocycles. The van der Waals surface area contributed by atoms with Gasteiger partial charge >= 0.3 is 67.1 Å². The van der Waals surface area contributed by atoms with Crippen molar-refractivity contribution in [1.29, 1.82) is 0 Å². The van der Waals surface area contributed by atoms with E-state index in [2.05, 4.69) is 0 Å². The molecule has 0 aliphatic heterocycles. The van der Waals surface area contributed by atoms with Gasteiger partial charge in [0.15, 0.2) is 0 Å². The van der Waals surface area contributed by atoms with Crippen LogP contribution in [0, 0.1) is 0 Å². The summed E-state index contributed by atoms with van der Waals surface area (Å²) in [7, 11) is 15.0. The average Bonchev–Trinajstić information content (AvgIpc) is 0.811. The first-order valence-corrected chi connectivity index (χ1v) is 13.2. The second-order valence-corrected chi connectivity index (χ2v) is 14.9. The molecule has 0 saturated carbocycles. The Hall–Kier alpha value is 2.47. The van der Waals surface area contributed by atoms with Crippen LogP contribution >= 0.6 is 26.8 Å². The van der Waals surface area contributed by atoms with Crippen LogP contribution < -0.4 is 0 Å². The van der Waals surface area contributed by atoms with E-state index in [-0.39, 0.29) is 31.3 Å². The van der Waals surface area contributed by atoms with Crippen molar-refractivity contribution < 1.29 is 0 Å². The standard InChI is InChI=1S/CH4.3ClH.2Sn.3H/h1H4;3*1H;;;;;/q;;;;;+3;;;/p-3. The average molecular weight is 363 g/mol. The molecular weight excluding hydrogens is 356 g/mol. The maximum absolute atomic E-state index is 5.02. The molecule has 0 saturated heterocycles. The van der Waals surface area contributed by atoms with Crippen LogP contribution in [0.5, 0.6) is 0 Å². The van der Waals surface area contributed by atoms with E-state index < -0.39 is 16.4 Å². The molecule has 0 bridgehead atoms. The van der Waals surface area contributed by atoms with E-state index in [9.17, 15) is 0 Å². The molecule has 0 spiro atoms. The third-order valence-electron chi connectivity index (χ3n) is 0. The van der Waals surface area contributed by atoms with Gasteiger partial charge in [-0.05, 0) is 0 Å². The Balaban J connectivity index is -0.0000000450. The summed E-state index contributed by atoms with van der Waals surface area (Å²) in [6.07, 6.45) is 0. The molecule has 0 aromatic rings. The fraction of sp³-hybridized carbons (Fsp3) is 1.00. The first kappa shape index (κ1) is 15.8. The summed E-state index contributed by atoms with van der Waals surface area (Å²) in [4.78, 5) is 0. The van der Waals surface area contributed by atoms with E-state index in [0.29, 0.717) is 0 Å². The monoisotopic (exact) mass is 364 g/mol. The maximum atomic E-state index is 5.02. The summed E-state index contributed by atoms with van der Waals surface area (Å²) >= 11 is -2.22. The van der Waals surface area contributed by atoms with Crippen molar-refractivity contribution in [3.8, 4) is 0 Å². The van der Waals surface area contributed by atoms with Gasteiger partial charge in [0, 0.05) is 0 Å². The van der Waals surface area contributed by atoms with E-state index in [1.165, 1.54) is 0 Å². The third-order valence-corrected chi connectivity index (χ3v) is 0. The number of hydrogen-bond acceptors (Lipinski definition) is 0. The van der Waals surface area contributed by atoms with Gasteiger partial charge in [-0.1, -0.05) is 7.43 Å². The van der Waals surface area contributed by atoms with E-state index >= 15 is 0 Å². The van der Waals surface area contributed by atoms with Crippen LogP contribution in [0.15, 0.2) is 0 Å². The zero-order valence-corrected chi connectivity index (χ0v) is 12.0. The van der Waals surface area contributed by atoms with Crippen LogP contribution in [0.2, 0.25) is 0 Å². The Morgan fingerprint density at radius 2 is 1.00 bits per heavy atom. The van der Waals surface area contributed by atoms with Crippen molar-refractivity contribution >= 4 is 67.1 Å². The zero-order valence-electron chi connectivity index (χ0n) is 2.42. The van der Waals surface area contributed by atoms with Crippen LogP contribution in [0.25, 0.3) is 0 Å². The summed E-state index contributed by atoms with van der Waals surface area (Å²) in [5.74, 6) is 0. The zero-order chi connectivity index (χ0) is 3.58. The molecule has 0 atom stereocenters. The van der Waals surface area contributed by atoms with Crippen molar-refractivity contribution in [2.24, 2.45) is 0 Å². The molecule has 5 heteroatoms. The Morgan fingerprint density at radius 3 is 1.00 bits per heavy atom. The molecule has 40 valence electrons. The van der Waals surface area contributed by atoms with Crippen molar-refractivity contribution in [3.63, 3.8) is 0 Å². The summed E-state index contributed by atoms with van der Waals surface area (Å²) in [6.45, 7) is 0. The summed E-state index contributed by atoms with van der Waals surface area (Å²) in [5, 5.41) is 0. The van der Waals surface area contributed by atoms with Gasteiger partial charge < -0.3 is 0 Å². The molecule has 0 aliphatic carbocycles. The van der Waals surface area contributed by atoms with E-state index in [1.54, 1.807) is 0 Å². The van der Waals surface area contributed by atoms with Crippen molar-refractivity contribution in [3.05, 3.63) is 0 Å². The van der Waals surface area contributed by atoms with E-state index in [4.69, 9.17) is 26.8 Å². The van der Waals surface area contributed by atoms with Gasteiger partial charge in [0.05, 0.1) is 0 Å². The van der Waals surface area contributed by atoms with Crippen molar-refractivity contribution in [2.45, 2.75) is 7.43 Å². The molecule has 0 unspecified atom stereocenters. The second-order valence-electron chi connectivity index (χ2n) is 0.247. The molecule has 0 rings (SSSR count). The minimum atomic E-state index is -2.22. The van der Waals surface area contributed by atoms with E-state index in [1.807, 2.05) is 0 Å². The van der Waals surface area contributed by atoms with Crippen molar-refractivity contribution in [2.75, 3.05) is 0 Å². The normalized spacial score (nSPS) is 6.00. The van der Waals surface area contributed by atoms with Crippen LogP contribution in [-0.2, 0) is 0 Å². The molecule has 6 heavy (non-hydrogen) atoms. The first-order valence-electron chi connectivity index (χ1n) is 0.655. The fourth-order valence-corrected chi connectivity index (χ4v) is 0. The number of halogens is 3. The third kappa shape index (κ3) is 31.8. The molecule has 0 amide bonds. The Bertz CT molecular complexity index is 13.5. The first-order chi connectivity index (χ1) is 1.73. The molecule has 2 radical (unpaired) electrons. The molecule has 0 nitrogen and oxygen atoms in total. The minimum absolute atomic E-state index is 0. The van der Waals surface area contributed by atoms with Crippen LogP contribution in [-0.4, -0.2) is 40.3 Å². The van der Waals surface area contributed by atoms with Gasteiger partial charge in [0.25, 0.3) is 0 Å². The number of hydrogen-bond donors (Lipinski definition) is 0. The molecule has 0 N–H and O–H groups in total. The van der Waals surface area contributed by atoms with Gasteiger partial charge in [-0.2, -0.15) is 0 Å². The van der Waals surface area contributed by atoms with E-state index in [0.717, 1.165) is 0 Å². The number of rotatable bonds is 0. The molecular formula is CH7Cl3Sn2. The Labute approximate surface area is 73.4 Å². The summed E-state index contributed by atoms with van der Waals surface area (Å²) < 4.78 is 0. The molecule has 0 aromatic carbocycles. The van der Waals surface area contributed by atoms with Gasteiger partial charge in [-0.25, -0.2) is 0 Å².